The summed E-state index contributed by atoms with van der Waals surface area (Å²) < 4.78 is 17.6. The summed E-state index contributed by atoms with van der Waals surface area (Å²) in [5, 5.41) is 0.698. The summed E-state index contributed by atoms with van der Waals surface area (Å²) in [6.45, 7) is 15.5. The number of para-hydroxylation sites is 1. The van der Waals surface area contributed by atoms with Gasteiger partial charge in [-0.15, -0.1) is 0 Å². The van der Waals surface area contributed by atoms with E-state index in [4.69, 9.17) is 13.9 Å². The van der Waals surface area contributed by atoms with Gasteiger partial charge < -0.3 is 18.8 Å². The Morgan fingerprint density at radius 3 is 2.44 bits per heavy atom. The Morgan fingerprint density at radius 1 is 1.06 bits per heavy atom. The number of hydrogen-bond acceptors (Lipinski definition) is 6. The minimum absolute atomic E-state index is 0.0910. The van der Waals surface area contributed by atoms with E-state index in [0.29, 0.717) is 34.5 Å². The predicted octanol–water partition coefficient (Wildman–Crippen LogP) is 6.14. The van der Waals surface area contributed by atoms with E-state index in [-0.39, 0.29) is 18.3 Å². The highest BCUT2D eigenvalue weighted by Gasteiger charge is 2.25. The quantitative estimate of drug-likeness (QED) is 0.210. The van der Waals surface area contributed by atoms with Gasteiger partial charge in [0, 0.05) is 17.5 Å². The summed E-state index contributed by atoms with van der Waals surface area (Å²) in [7, 11) is 0. The van der Waals surface area contributed by atoms with E-state index in [2.05, 4.69) is 25.7 Å². The molecule has 194 valence electrons. The maximum absolute atomic E-state index is 13.9. The number of furan rings is 1. The average Bonchev–Trinajstić information content (AvgIpc) is 3.23. The number of hydrogen-bond donors (Lipinski definition) is 0. The van der Waals surface area contributed by atoms with E-state index in [9.17, 15) is 9.59 Å². The monoisotopic (exact) mass is 493 g/mol. The van der Waals surface area contributed by atoms with Gasteiger partial charge in [-0.2, -0.15) is 0 Å². The van der Waals surface area contributed by atoms with E-state index in [1.807, 2.05) is 57.2 Å². The number of carbonyl (C=O) groups is 2. The minimum Gasteiger partial charge on any atom is -0.492 e. The molecule has 0 aliphatic carbocycles. The van der Waals surface area contributed by atoms with Crippen LogP contribution in [0.4, 0.5) is 0 Å². The average molecular weight is 494 g/mol. The van der Waals surface area contributed by atoms with Gasteiger partial charge in [-0.25, -0.2) is 0 Å². The van der Waals surface area contributed by atoms with Crippen molar-refractivity contribution >= 4 is 22.7 Å². The van der Waals surface area contributed by atoms with Crippen LogP contribution in [0.2, 0.25) is 0 Å². The van der Waals surface area contributed by atoms with Crippen LogP contribution in [0, 0.1) is 6.92 Å². The van der Waals surface area contributed by atoms with Crippen molar-refractivity contribution in [2.24, 2.45) is 0 Å². The normalized spacial score (nSPS) is 12.2. The van der Waals surface area contributed by atoms with Gasteiger partial charge in [0.05, 0.1) is 11.7 Å². The van der Waals surface area contributed by atoms with Gasteiger partial charge in [0.15, 0.2) is 5.78 Å². The van der Waals surface area contributed by atoms with Crippen molar-refractivity contribution in [2.75, 3.05) is 26.2 Å². The summed E-state index contributed by atoms with van der Waals surface area (Å²) in [5.74, 6) is 0.610. The van der Waals surface area contributed by atoms with Crippen molar-refractivity contribution in [1.82, 2.24) is 4.90 Å². The van der Waals surface area contributed by atoms with Crippen LogP contribution in [-0.4, -0.2) is 49.0 Å². The Labute approximate surface area is 214 Å². The molecule has 0 aliphatic rings. The Hall–Kier alpha value is -3.12. The van der Waals surface area contributed by atoms with E-state index in [0.717, 1.165) is 49.4 Å². The molecule has 1 unspecified atom stereocenters. The summed E-state index contributed by atoms with van der Waals surface area (Å²) in [6.07, 6.45) is 1.18. The predicted molar refractivity (Wildman–Crippen MR) is 143 cm³/mol. The Morgan fingerprint density at radius 2 is 1.78 bits per heavy atom. The van der Waals surface area contributed by atoms with Crippen molar-refractivity contribution < 1.29 is 23.5 Å². The molecule has 6 heteroatoms. The standard InChI is InChI=1S/C30H39NO5/c1-7-21(6)35-27(32)19-26-28(24-13-11-12-14-25(24)36-26)29(33)23-17-20(5)30(22(8-2)18-23)34-16-15-31(9-3)10-4/h11-14,17-18,21H,7-10,15-16,19H2,1-6H3. The molecule has 0 saturated heterocycles. The minimum atomic E-state index is -0.403. The molecule has 1 aromatic heterocycles. The number of aryl methyl sites for hydroxylation is 2. The van der Waals surface area contributed by atoms with Gasteiger partial charge >= 0.3 is 5.97 Å². The Bertz CT molecular complexity index is 1190. The van der Waals surface area contributed by atoms with Gasteiger partial charge in [-0.3, -0.25) is 9.59 Å². The highest BCUT2D eigenvalue weighted by atomic mass is 16.5. The summed E-state index contributed by atoms with van der Waals surface area (Å²) >= 11 is 0. The van der Waals surface area contributed by atoms with Gasteiger partial charge in [0.2, 0.25) is 0 Å². The summed E-state index contributed by atoms with van der Waals surface area (Å²) in [5.41, 5.74) is 3.47. The molecule has 0 fully saturated rings. The molecule has 0 bridgehead atoms. The number of carbonyl (C=O) groups excluding carboxylic acids is 2. The fourth-order valence-corrected chi connectivity index (χ4v) is 4.36. The number of ketones is 1. The summed E-state index contributed by atoms with van der Waals surface area (Å²) in [4.78, 5) is 28.7. The fraction of sp³-hybridized carbons (Fsp3) is 0.467. The second-order valence-electron chi connectivity index (χ2n) is 9.12. The number of esters is 1. The molecule has 0 saturated carbocycles. The molecule has 3 aromatic rings. The van der Waals surface area contributed by atoms with Crippen molar-refractivity contribution in [3.8, 4) is 5.75 Å². The largest absolute Gasteiger partial charge is 0.492 e. The molecule has 0 N–H and O–H groups in total. The van der Waals surface area contributed by atoms with Crippen molar-refractivity contribution in [3.05, 3.63) is 64.4 Å². The first-order valence-corrected chi connectivity index (χ1v) is 13.1. The zero-order valence-electron chi connectivity index (χ0n) is 22.5. The first kappa shape index (κ1) is 27.5. The zero-order chi connectivity index (χ0) is 26.2. The lowest BCUT2D eigenvalue weighted by Crippen LogP contribution is -2.28. The maximum atomic E-state index is 13.9. The molecule has 0 spiro atoms. The molecule has 6 nitrogen and oxygen atoms in total. The van der Waals surface area contributed by atoms with Gasteiger partial charge in [0.25, 0.3) is 0 Å². The third-order valence-corrected chi connectivity index (χ3v) is 6.65. The SMILES string of the molecule is CCc1cc(C(=O)c2c(CC(=O)OC(C)CC)oc3ccccc23)cc(C)c1OCCN(CC)CC. The number of ether oxygens (including phenoxy) is 2. The smallest absolute Gasteiger partial charge is 0.313 e. The van der Waals surface area contributed by atoms with Crippen LogP contribution >= 0.6 is 0 Å². The van der Waals surface area contributed by atoms with Crippen LogP contribution < -0.4 is 4.74 Å². The van der Waals surface area contributed by atoms with Crippen molar-refractivity contribution in [2.45, 2.75) is 66.9 Å². The molecule has 0 radical (unpaired) electrons. The molecule has 1 heterocycles. The Kier molecular flexibility index (Phi) is 9.71. The molecule has 3 rings (SSSR count). The molecule has 0 aliphatic heterocycles. The van der Waals surface area contributed by atoms with Crippen molar-refractivity contribution in [3.63, 3.8) is 0 Å². The van der Waals surface area contributed by atoms with Crippen molar-refractivity contribution in [1.29, 1.82) is 0 Å². The second kappa shape index (κ2) is 12.7. The third-order valence-electron chi connectivity index (χ3n) is 6.65. The van der Waals surface area contributed by atoms with Crippen LogP contribution in [0.25, 0.3) is 11.0 Å². The van der Waals surface area contributed by atoms with E-state index in [1.165, 1.54) is 0 Å². The highest BCUT2D eigenvalue weighted by Crippen LogP contribution is 2.32. The molecule has 1 atom stereocenters. The molecular formula is C30H39NO5. The first-order chi connectivity index (χ1) is 17.3. The van der Waals surface area contributed by atoms with E-state index < -0.39 is 5.97 Å². The lowest BCUT2D eigenvalue weighted by Gasteiger charge is -2.20. The summed E-state index contributed by atoms with van der Waals surface area (Å²) in [6, 6.07) is 11.2. The molecule has 36 heavy (non-hydrogen) atoms. The number of rotatable bonds is 13. The van der Waals surface area contributed by atoms with Crippen LogP contribution in [0.5, 0.6) is 5.75 Å². The number of nitrogens with zero attached hydrogens (tertiary/aromatic N) is 1. The molecule has 2 aromatic carbocycles. The highest BCUT2D eigenvalue weighted by molar-refractivity contribution is 6.17. The maximum Gasteiger partial charge on any atom is 0.313 e. The van der Waals surface area contributed by atoms with E-state index >= 15 is 0 Å². The van der Waals surface area contributed by atoms with Crippen LogP contribution in [0.1, 0.15) is 73.8 Å². The first-order valence-electron chi connectivity index (χ1n) is 13.1. The number of benzene rings is 2. The lowest BCUT2D eigenvalue weighted by atomic mass is 9.95. The fourth-order valence-electron chi connectivity index (χ4n) is 4.36. The van der Waals surface area contributed by atoms with Crippen LogP contribution in [0.3, 0.4) is 0 Å². The Balaban J connectivity index is 1.94. The van der Waals surface area contributed by atoms with Crippen LogP contribution in [-0.2, 0) is 22.4 Å². The third kappa shape index (κ3) is 6.35. The number of likely N-dealkylation sites (N-methyl/N-ethyl adjacent to an activating group) is 1. The van der Waals surface area contributed by atoms with E-state index in [1.54, 1.807) is 0 Å². The van der Waals surface area contributed by atoms with Gasteiger partial charge in [0.1, 0.15) is 30.1 Å². The van der Waals surface area contributed by atoms with Gasteiger partial charge in [-0.05, 0) is 69.1 Å². The van der Waals surface area contributed by atoms with Crippen LogP contribution in [0.15, 0.2) is 40.8 Å². The number of fused-ring (bicyclic) bond motifs is 1. The second-order valence-corrected chi connectivity index (χ2v) is 9.12. The molecule has 0 amide bonds. The topological polar surface area (TPSA) is 69.0 Å². The zero-order valence-corrected chi connectivity index (χ0v) is 22.5. The molecular weight excluding hydrogens is 454 g/mol. The van der Waals surface area contributed by atoms with Gasteiger partial charge in [-0.1, -0.05) is 45.9 Å². The lowest BCUT2D eigenvalue weighted by molar-refractivity contribution is -0.147.